The van der Waals surface area contributed by atoms with Crippen molar-refractivity contribution in [2.45, 2.75) is 71.0 Å². The number of carbonyl (C=O) groups excluding carboxylic acids is 3. The van der Waals surface area contributed by atoms with Gasteiger partial charge in [0.25, 0.3) is 0 Å². The van der Waals surface area contributed by atoms with Crippen molar-refractivity contribution in [2.75, 3.05) is 7.11 Å². The summed E-state index contributed by atoms with van der Waals surface area (Å²) in [5.74, 6) is -1.64. The van der Waals surface area contributed by atoms with Gasteiger partial charge in [0.1, 0.15) is 23.2 Å². The predicted octanol–water partition coefficient (Wildman–Crippen LogP) is 2.79. The third-order valence-electron chi connectivity index (χ3n) is 8.30. The van der Waals surface area contributed by atoms with Gasteiger partial charge in [-0.2, -0.15) is 0 Å². The normalized spacial score (nSPS) is 39.3. The number of Topliss-reactive ketones (excluding diaryl/α,β-unsaturated/α-hetero) is 1. The molecule has 2 saturated carbocycles. The Morgan fingerprint density at radius 1 is 1.27 bits per heavy atom. The number of fused-ring (bicyclic) bond motifs is 4. The first-order valence-electron chi connectivity index (χ1n) is 10.6. The molecule has 6 atom stereocenters. The van der Waals surface area contributed by atoms with Crippen molar-refractivity contribution in [2.24, 2.45) is 22.7 Å². The molecule has 0 spiro atoms. The highest BCUT2D eigenvalue weighted by atomic mass is 16.6. The summed E-state index contributed by atoms with van der Waals surface area (Å²) >= 11 is 0. The standard InChI is InChI=1S/C23H30O7/c1-12(24)30-18-10-14-15(11-16-13(7-9-29-16)19(14)20(26)28-5)22(4)17(25)6-8-21(2,3)23(18,22)27/h7,9,14-15,18-19,27H,6,8,10-11H2,1-5H3. The van der Waals surface area contributed by atoms with Crippen molar-refractivity contribution in [3.63, 3.8) is 0 Å². The molecule has 3 aliphatic rings. The van der Waals surface area contributed by atoms with Gasteiger partial charge in [0, 0.05) is 25.3 Å². The first-order chi connectivity index (χ1) is 14.0. The van der Waals surface area contributed by atoms with Gasteiger partial charge < -0.3 is 19.0 Å². The van der Waals surface area contributed by atoms with Gasteiger partial charge >= 0.3 is 11.9 Å². The molecule has 7 heteroatoms. The lowest BCUT2D eigenvalue weighted by Crippen LogP contribution is -2.75. The van der Waals surface area contributed by atoms with E-state index in [1.807, 2.05) is 13.8 Å². The molecule has 1 heterocycles. The van der Waals surface area contributed by atoms with Crippen LogP contribution < -0.4 is 0 Å². The van der Waals surface area contributed by atoms with Crippen LogP contribution in [0, 0.1) is 22.7 Å². The van der Waals surface area contributed by atoms with Crippen LogP contribution in [0.4, 0.5) is 0 Å². The Morgan fingerprint density at radius 3 is 2.60 bits per heavy atom. The fourth-order valence-electron chi connectivity index (χ4n) is 6.77. The van der Waals surface area contributed by atoms with Crippen molar-refractivity contribution in [3.8, 4) is 0 Å². The number of hydrogen-bond donors (Lipinski definition) is 1. The fourth-order valence-corrected chi connectivity index (χ4v) is 6.77. The SMILES string of the molecule is COC(=O)C1c2ccoc2CC2C1CC(OC(C)=O)C1(O)C(C)(C)CCC(=O)C21C. The van der Waals surface area contributed by atoms with Gasteiger partial charge in [0.2, 0.25) is 0 Å². The van der Waals surface area contributed by atoms with Crippen LogP contribution in [0.15, 0.2) is 16.7 Å². The Kier molecular flexibility index (Phi) is 4.69. The van der Waals surface area contributed by atoms with E-state index < -0.39 is 40.4 Å². The molecule has 30 heavy (non-hydrogen) atoms. The van der Waals surface area contributed by atoms with E-state index in [2.05, 4.69) is 0 Å². The minimum atomic E-state index is -1.56. The second kappa shape index (κ2) is 6.67. The molecule has 7 nitrogen and oxygen atoms in total. The molecule has 3 aliphatic carbocycles. The lowest BCUT2D eigenvalue weighted by molar-refractivity contribution is -0.276. The highest BCUT2D eigenvalue weighted by Crippen LogP contribution is 2.66. The maximum absolute atomic E-state index is 13.5. The van der Waals surface area contributed by atoms with Crippen LogP contribution >= 0.6 is 0 Å². The maximum Gasteiger partial charge on any atom is 0.313 e. The van der Waals surface area contributed by atoms with Crippen LogP contribution in [0.25, 0.3) is 0 Å². The van der Waals surface area contributed by atoms with Gasteiger partial charge in [-0.15, -0.1) is 0 Å². The zero-order chi connectivity index (χ0) is 22.1. The third kappa shape index (κ3) is 2.50. The number of carbonyl (C=O) groups is 3. The van der Waals surface area contributed by atoms with Gasteiger partial charge in [-0.25, -0.2) is 0 Å². The summed E-state index contributed by atoms with van der Waals surface area (Å²) in [5.41, 5.74) is -2.67. The molecule has 2 fully saturated rings. The summed E-state index contributed by atoms with van der Waals surface area (Å²) < 4.78 is 16.5. The molecule has 164 valence electrons. The smallest absolute Gasteiger partial charge is 0.313 e. The molecule has 6 unspecified atom stereocenters. The first-order valence-corrected chi connectivity index (χ1v) is 10.6. The minimum Gasteiger partial charge on any atom is -0.469 e. The molecule has 1 N–H and O–H groups in total. The van der Waals surface area contributed by atoms with Gasteiger partial charge in [-0.05, 0) is 43.1 Å². The Labute approximate surface area is 176 Å². The monoisotopic (exact) mass is 418 g/mol. The van der Waals surface area contributed by atoms with Gasteiger partial charge in [0.15, 0.2) is 0 Å². The van der Waals surface area contributed by atoms with Crippen LogP contribution in [0.3, 0.4) is 0 Å². The maximum atomic E-state index is 13.5. The second-order valence-electron chi connectivity index (χ2n) is 9.88. The Morgan fingerprint density at radius 2 is 1.97 bits per heavy atom. The minimum absolute atomic E-state index is 0.0604. The highest BCUT2D eigenvalue weighted by molar-refractivity contribution is 5.89. The summed E-state index contributed by atoms with van der Waals surface area (Å²) in [4.78, 5) is 38.3. The topological polar surface area (TPSA) is 103 Å². The molecule has 1 aromatic heterocycles. The summed E-state index contributed by atoms with van der Waals surface area (Å²) in [6.07, 6.45) is 2.18. The molecular weight excluding hydrogens is 388 g/mol. The van der Waals surface area contributed by atoms with E-state index in [-0.39, 0.29) is 24.0 Å². The van der Waals surface area contributed by atoms with E-state index in [0.717, 1.165) is 5.56 Å². The molecule has 0 bridgehead atoms. The molecule has 1 aromatic rings. The highest BCUT2D eigenvalue weighted by Gasteiger charge is 2.74. The van der Waals surface area contributed by atoms with E-state index in [1.54, 1.807) is 19.3 Å². The van der Waals surface area contributed by atoms with Crippen LogP contribution in [0.1, 0.15) is 64.2 Å². The number of esters is 2. The number of rotatable bonds is 2. The van der Waals surface area contributed by atoms with Gasteiger partial charge in [-0.3, -0.25) is 14.4 Å². The Hall–Kier alpha value is -2.15. The second-order valence-corrected chi connectivity index (χ2v) is 9.88. The van der Waals surface area contributed by atoms with Crippen molar-refractivity contribution in [3.05, 3.63) is 23.7 Å². The van der Waals surface area contributed by atoms with E-state index in [9.17, 15) is 19.5 Å². The van der Waals surface area contributed by atoms with Crippen LogP contribution in [-0.4, -0.2) is 41.6 Å². The lowest BCUT2D eigenvalue weighted by atomic mass is 9.40. The summed E-state index contributed by atoms with van der Waals surface area (Å²) in [6, 6.07) is 1.77. The zero-order valence-corrected chi connectivity index (χ0v) is 18.2. The van der Waals surface area contributed by atoms with Crippen LogP contribution in [0.5, 0.6) is 0 Å². The van der Waals surface area contributed by atoms with Gasteiger partial charge in [0.05, 0.1) is 24.7 Å². The lowest BCUT2D eigenvalue weighted by Gasteiger charge is -2.66. The molecule has 0 amide bonds. The summed E-state index contributed by atoms with van der Waals surface area (Å²) in [6.45, 7) is 6.93. The largest absolute Gasteiger partial charge is 0.469 e. The zero-order valence-electron chi connectivity index (χ0n) is 18.2. The number of ether oxygens (including phenoxy) is 2. The number of aliphatic hydroxyl groups is 1. The molecule has 0 radical (unpaired) electrons. The van der Waals surface area contributed by atoms with Crippen molar-refractivity contribution < 1.29 is 33.4 Å². The Bertz CT molecular complexity index is 899. The quantitative estimate of drug-likeness (QED) is 0.737. The number of methoxy groups -OCH3 is 1. The van der Waals surface area contributed by atoms with E-state index >= 15 is 0 Å². The van der Waals surface area contributed by atoms with Crippen LogP contribution in [0.2, 0.25) is 0 Å². The molecule has 0 aromatic carbocycles. The molecule has 0 saturated heterocycles. The molecule has 0 aliphatic heterocycles. The van der Waals surface area contributed by atoms with Crippen molar-refractivity contribution in [1.82, 2.24) is 0 Å². The van der Waals surface area contributed by atoms with E-state index in [1.165, 1.54) is 14.0 Å². The average Bonchev–Trinajstić information content (AvgIpc) is 3.15. The summed E-state index contributed by atoms with van der Waals surface area (Å²) in [7, 11) is 1.34. The number of hydrogen-bond acceptors (Lipinski definition) is 7. The summed E-state index contributed by atoms with van der Waals surface area (Å²) in [5, 5.41) is 12.2. The number of furan rings is 1. The average molecular weight is 418 g/mol. The molecule has 4 rings (SSSR count). The molecular formula is C23H30O7. The first kappa shape index (κ1) is 21.1. The predicted molar refractivity (Wildman–Crippen MR) is 105 cm³/mol. The number of ketones is 1. The van der Waals surface area contributed by atoms with Crippen LogP contribution in [-0.2, 0) is 30.3 Å². The van der Waals surface area contributed by atoms with Crippen molar-refractivity contribution >= 4 is 17.7 Å². The fraction of sp³-hybridized carbons (Fsp3) is 0.696. The van der Waals surface area contributed by atoms with E-state index in [0.29, 0.717) is 25.0 Å². The Balaban J connectivity index is 1.94. The third-order valence-corrected chi connectivity index (χ3v) is 8.30. The van der Waals surface area contributed by atoms with Gasteiger partial charge in [-0.1, -0.05) is 13.8 Å². The van der Waals surface area contributed by atoms with Crippen molar-refractivity contribution in [1.29, 1.82) is 0 Å². The van der Waals surface area contributed by atoms with E-state index in [4.69, 9.17) is 13.9 Å².